The Morgan fingerprint density at radius 3 is 2.53 bits per heavy atom. The molecule has 5 aliphatic heterocycles. The zero-order valence-electron chi connectivity index (χ0n) is 28.4. The van der Waals surface area contributed by atoms with Crippen molar-refractivity contribution in [2.24, 2.45) is 57.2 Å². The Morgan fingerprint density at radius 1 is 0.918 bits per heavy atom. The lowest BCUT2D eigenvalue weighted by molar-refractivity contribution is -0.299. The summed E-state index contributed by atoms with van der Waals surface area (Å²) in [7, 11) is 0. The van der Waals surface area contributed by atoms with E-state index in [9.17, 15) is 14.7 Å². The van der Waals surface area contributed by atoms with Crippen LogP contribution in [0.4, 0.5) is 0 Å². The maximum atomic E-state index is 15.7. The molecule has 0 unspecified atom stereocenters. The smallest absolute Gasteiger partial charge is 0.339 e. The Bertz CT molecular complexity index is 1780. The molecule has 4 spiro atoms. The first-order chi connectivity index (χ1) is 23.6. The van der Waals surface area contributed by atoms with Gasteiger partial charge < -0.3 is 28.5 Å². The minimum atomic E-state index is -1.34. The van der Waals surface area contributed by atoms with E-state index in [1.807, 2.05) is 6.07 Å². The molecule has 260 valence electrons. The number of fused-ring (bicyclic) bond motifs is 2. The molecule has 49 heavy (non-hydrogen) atoms. The van der Waals surface area contributed by atoms with Gasteiger partial charge in [0.15, 0.2) is 11.9 Å². The molecule has 0 aromatic carbocycles. The number of carbonyl (C=O) groups is 3. The van der Waals surface area contributed by atoms with Gasteiger partial charge in [-0.15, -0.1) is 0 Å². The van der Waals surface area contributed by atoms with E-state index < -0.39 is 69.2 Å². The van der Waals surface area contributed by atoms with Crippen molar-refractivity contribution >= 4 is 17.7 Å². The van der Waals surface area contributed by atoms with Gasteiger partial charge in [-0.2, -0.15) is 0 Å². The summed E-state index contributed by atoms with van der Waals surface area (Å²) in [6, 6.07) is 1.88. The lowest BCUT2D eigenvalue weighted by Crippen LogP contribution is -2.82. The number of rotatable bonds is 2. The van der Waals surface area contributed by atoms with Gasteiger partial charge in [-0.1, -0.05) is 38.7 Å². The van der Waals surface area contributed by atoms with E-state index in [0.717, 1.165) is 69.8 Å². The van der Waals surface area contributed by atoms with Crippen LogP contribution < -0.4 is 0 Å². The lowest BCUT2D eigenvalue weighted by Gasteiger charge is -2.72. The quantitative estimate of drug-likeness (QED) is 0.250. The molecule has 9 nitrogen and oxygen atoms in total. The van der Waals surface area contributed by atoms with Gasteiger partial charge in [0.2, 0.25) is 0 Å². The van der Waals surface area contributed by atoms with Crippen molar-refractivity contribution in [3.8, 4) is 0 Å². The summed E-state index contributed by atoms with van der Waals surface area (Å²) >= 11 is 0. The molecule has 11 aliphatic rings. The van der Waals surface area contributed by atoms with E-state index in [-0.39, 0.29) is 41.5 Å². The minimum Gasteiger partial charge on any atom is -0.472 e. The summed E-state index contributed by atoms with van der Waals surface area (Å²) in [5.74, 6) is -1.83. The average Bonchev–Trinajstić information content (AvgIpc) is 3.35. The van der Waals surface area contributed by atoms with Crippen LogP contribution in [0.2, 0.25) is 0 Å². The van der Waals surface area contributed by atoms with E-state index in [4.69, 9.17) is 23.4 Å². The molecule has 0 amide bonds. The van der Waals surface area contributed by atoms with E-state index in [0.29, 0.717) is 18.8 Å². The number of esters is 2. The van der Waals surface area contributed by atoms with Crippen LogP contribution >= 0.6 is 0 Å². The number of ketones is 1. The Balaban J connectivity index is 1.22. The van der Waals surface area contributed by atoms with Crippen molar-refractivity contribution in [3.63, 3.8) is 0 Å². The number of aliphatic hydroxyl groups is 1. The van der Waals surface area contributed by atoms with Gasteiger partial charge >= 0.3 is 11.9 Å². The molecule has 15 atom stereocenters. The molecule has 5 bridgehead atoms. The van der Waals surface area contributed by atoms with Crippen molar-refractivity contribution in [1.29, 1.82) is 0 Å². The van der Waals surface area contributed by atoms with Crippen LogP contribution in [0.3, 0.4) is 0 Å². The topological polar surface area (TPSA) is 125 Å². The normalized spacial score (nSPS) is 58.8. The summed E-state index contributed by atoms with van der Waals surface area (Å²) in [6.45, 7) is 4.39. The lowest BCUT2D eigenvalue weighted by atomic mass is 9.30. The number of hydrogen-bond acceptors (Lipinski definition) is 9. The molecule has 6 aliphatic carbocycles. The van der Waals surface area contributed by atoms with Gasteiger partial charge in [-0.3, -0.25) is 9.59 Å². The van der Waals surface area contributed by atoms with Crippen molar-refractivity contribution in [2.75, 3.05) is 6.61 Å². The number of ether oxygens (including phenoxy) is 4. The average molecular weight is 671 g/mol. The van der Waals surface area contributed by atoms with Crippen LogP contribution in [0.1, 0.15) is 103 Å². The molecule has 10 fully saturated rings. The van der Waals surface area contributed by atoms with E-state index in [1.54, 1.807) is 12.5 Å². The van der Waals surface area contributed by atoms with Crippen LogP contribution in [-0.2, 0) is 33.3 Å². The predicted molar refractivity (Wildman–Crippen MR) is 169 cm³/mol. The summed E-state index contributed by atoms with van der Waals surface area (Å²) in [4.78, 5) is 44.5. The molecule has 1 aromatic heterocycles. The third-order valence-electron chi connectivity index (χ3n) is 17.7. The first-order valence-corrected chi connectivity index (χ1v) is 19.3. The molecule has 6 heterocycles. The SMILES string of the molecule is C[C@]12CC=C3C[C@H]4CCC[C@@]45C[C@H]4C[C@]6(C)[C@H](c7ccoc7)OC(=O)[C@@H]7O[C@]76[C@@]6(C7CCCCC7)[C@H](O)C(=O)[C@H]1[C@@]1(COC(=O)[C@@H]5[C@@]31O2)[C@@H]46. The molecule has 4 saturated heterocycles. The molecular formula is C40H46O9. The summed E-state index contributed by atoms with van der Waals surface area (Å²) in [6.07, 6.45) is 13.7. The molecule has 6 saturated carbocycles. The maximum Gasteiger partial charge on any atom is 0.339 e. The number of carbonyl (C=O) groups excluding carboxylic acids is 3. The third kappa shape index (κ3) is 2.62. The first-order valence-electron chi connectivity index (χ1n) is 19.3. The number of furan rings is 1. The fourth-order valence-corrected chi connectivity index (χ4v) is 17.0. The predicted octanol–water partition coefficient (Wildman–Crippen LogP) is 5.40. The third-order valence-corrected chi connectivity index (χ3v) is 17.7. The highest BCUT2D eigenvalue weighted by molar-refractivity contribution is 5.94. The van der Waals surface area contributed by atoms with Gasteiger partial charge in [0, 0.05) is 16.4 Å². The largest absolute Gasteiger partial charge is 0.472 e. The maximum absolute atomic E-state index is 15.7. The Hall–Kier alpha value is -2.49. The molecule has 1 N–H and O–H groups in total. The summed E-state index contributed by atoms with van der Waals surface area (Å²) in [5.41, 5.74) is -4.01. The number of cyclic esters (lactones) is 2. The number of hydrogen-bond donors (Lipinski definition) is 1. The van der Waals surface area contributed by atoms with Crippen molar-refractivity contribution in [1.82, 2.24) is 0 Å². The molecule has 1 aromatic rings. The van der Waals surface area contributed by atoms with Crippen molar-refractivity contribution in [3.05, 3.63) is 35.8 Å². The number of epoxide rings is 1. The zero-order chi connectivity index (χ0) is 33.1. The van der Waals surface area contributed by atoms with Gasteiger partial charge in [-0.25, -0.2) is 4.79 Å². The molecule has 12 rings (SSSR count). The van der Waals surface area contributed by atoms with Crippen LogP contribution in [0.15, 0.2) is 34.7 Å². The van der Waals surface area contributed by atoms with Gasteiger partial charge in [0.25, 0.3) is 0 Å². The Labute approximate surface area is 285 Å². The van der Waals surface area contributed by atoms with Gasteiger partial charge in [0.1, 0.15) is 30.0 Å². The van der Waals surface area contributed by atoms with Gasteiger partial charge in [0.05, 0.1) is 35.4 Å². The Morgan fingerprint density at radius 2 is 1.73 bits per heavy atom. The highest BCUT2D eigenvalue weighted by Crippen LogP contribution is 2.89. The van der Waals surface area contributed by atoms with Crippen LogP contribution in [0, 0.1) is 57.2 Å². The molecule has 0 radical (unpaired) electrons. The standard InChI is InChI=1S/C40H46O9/c1-34-16-21-17-36-12-6-9-23(36)15-24-10-13-35(2)27-25(41)29(42)38(22-7-4-3-5-8-22,26(21)37(27)19-46-32(43)28(36)39(24,37)49-35)40(34)31(48-40)33(44)47-30(34)20-11-14-45-18-20/h10-11,14,18,21-23,26-31,42H,3-9,12-13,15-17,19H2,1-2H3/t21-,23-,26-,27-,28+,29-,30+,31+,34-,35+,36-,37-,38-,39+,40-/m1/s1. The fraction of sp³-hybridized carbons (Fsp3) is 0.775. The second-order valence-corrected chi connectivity index (χ2v) is 18.9. The minimum absolute atomic E-state index is 0.0294. The van der Waals surface area contributed by atoms with Crippen molar-refractivity contribution < 1.29 is 42.9 Å². The van der Waals surface area contributed by atoms with E-state index in [2.05, 4.69) is 19.9 Å². The van der Waals surface area contributed by atoms with E-state index in [1.165, 1.54) is 5.57 Å². The van der Waals surface area contributed by atoms with Gasteiger partial charge in [-0.05, 0) is 99.0 Å². The second kappa shape index (κ2) is 8.42. The van der Waals surface area contributed by atoms with Crippen molar-refractivity contribution in [2.45, 2.75) is 126 Å². The number of aliphatic hydroxyl groups excluding tert-OH is 1. The summed E-state index contributed by atoms with van der Waals surface area (Å²) in [5, 5.41) is 13.3. The fourth-order valence-electron chi connectivity index (χ4n) is 17.0. The van der Waals surface area contributed by atoms with Crippen LogP contribution in [-0.4, -0.2) is 58.4 Å². The Kier molecular flexibility index (Phi) is 5.00. The zero-order valence-corrected chi connectivity index (χ0v) is 28.4. The molecular weight excluding hydrogens is 624 g/mol. The second-order valence-electron chi connectivity index (χ2n) is 18.9. The van der Waals surface area contributed by atoms with Crippen LogP contribution in [0.25, 0.3) is 0 Å². The summed E-state index contributed by atoms with van der Waals surface area (Å²) < 4.78 is 33.2. The highest BCUT2D eigenvalue weighted by Gasteiger charge is 2.98. The first kappa shape index (κ1) is 29.1. The number of Topliss-reactive ketones (excluding diaryl/α,β-unsaturated/α-hetero) is 1. The van der Waals surface area contributed by atoms with E-state index >= 15 is 4.79 Å². The molecule has 9 heteroatoms. The monoisotopic (exact) mass is 670 g/mol. The highest BCUT2D eigenvalue weighted by atomic mass is 16.7. The van der Waals surface area contributed by atoms with Crippen LogP contribution in [0.5, 0.6) is 0 Å².